The Morgan fingerprint density at radius 3 is 2.13 bits per heavy atom. The average molecular weight is 523 g/mol. The molecule has 2 saturated heterocycles. The zero-order valence-corrected chi connectivity index (χ0v) is 22.9. The van der Waals surface area contributed by atoms with Gasteiger partial charge in [0.15, 0.2) is 6.04 Å². The van der Waals surface area contributed by atoms with E-state index in [0.717, 1.165) is 11.1 Å². The molecule has 2 aromatic rings. The number of hydrogen-bond donors (Lipinski definition) is 0. The van der Waals surface area contributed by atoms with E-state index in [1.54, 1.807) is 32.6 Å². The van der Waals surface area contributed by atoms with Crippen molar-refractivity contribution in [3.8, 4) is 0 Å². The fourth-order valence-electron chi connectivity index (χ4n) is 5.42. The van der Waals surface area contributed by atoms with Gasteiger partial charge in [-0.25, -0.2) is 9.59 Å². The predicted octanol–water partition coefficient (Wildman–Crippen LogP) is 4.70. The first-order valence-electron chi connectivity index (χ1n) is 13.2. The molecule has 0 N–H and O–H groups in total. The van der Waals surface area contributed by atoms with E-state index in [1.807, 2.05) is 67.6 Å². The number of likely N-dealkylation sites (tertiary alicyclic amines) is 2. The highest BCUT2D eigenvalue weighted by atomic mass is 16.6. The minimum atomic E-state index is -1.03. The summed E-state index contributed by atoms with van der Waals surface area (Å²) in [5.41, 5.74) is 0.102. The Balaban J connectivity index is 1.54. The van der Waals surface area contributed by atoms with Crippen molar-refractivity contribution in [3.63, 3.8) is 0 Å². The van der Waals surface area contributed by atoms with Gasteiger partial charge in [0, 0.05) is 6.54 Å². The lowest BCUT2D eigenvalue weighted by Crippen LogP contribution is -2.81. The third-order valence-electron chi connectivity index (χ3n) is 7.31. The van der Waals surface area contributed by atoms with Crippen molar-refractivity contribution in [2.75, 3.05) is 6.54 Å². The van der Waals surface area contributed by atoms with E-state index >= 15 is 0 Å². The monoisotopic (exact) mass is 522 g/mol. The zero-order valence-electron chi connectivity index (χ0n) is 22.9. The number of rotatable bonds is 8. The van der Waals surface area contributed by atoms with Crippen molar-refractivity contribution >= 4 is 18.0 Å². The van der Waals surface area contributed by atoms with Crippen LogP contribution in [0.2, 0.25) is 0 Å². The van der Waals surface area contributed by atoms with Gasteiger partial charge in [-0.05, 0) is 58.6 Å². The van der Waals surface area contributed by atoms with E-state index in [1.165, 1.54) is 4.90 Å². The third-order valence-corrected chi connectivity index (χ3v) is 7.31. The van der Waals surface area contributed by atoms with Gasteiger partial charge in [-0.15, -0.1) is 0 Å². The Labute approximate surface area is 224 Å². The summed E-state index contributed by atoms with van der Waals surface area (Å²) in [6, 6.07) is 17.7. The lowest BCUT2D eigenvalue weighted by atomic mass is 9.75. The molecule has 2 unspecified atom stereocenters. The van der Waals surface area contributed by atoms with Crippen molar-refractivity contribution in [2.45, 2.75) is 90.0 Å². The quantitative estimate of drug-likeness (QED) is 0.369. The SMILES string of the molecule is CC1N([C@H](C(=O)OCc2ccccc2)[C@@H](C)OCc2ccccc2)C(=O)C12CCCN2C(=O)OC(C)(C)C. The molecule has 4 rings (SSSR count). The van der Waals surface area contributed by atoms with Crippen LogP contribution in [0.1, 0.15) is 58.6 Å². The number of esters is 1. The van der Waals surface area contributed by atoms with Gasteiger partial charge < -0.3 is 19.1 Å². The number of ether oxygens (including phenoxy) is 3. The maximum absolute atomic E-state index is 13.9. The number of amides is 2. The first-order valence-corrected chi connectivity index (χ1v) is 13.2. The Morgan fingerprint density at radius 1 is 1.00 bits per heavy atom. The Kier molecular flexibility index (Phi) is 8.11. The van der Waals surface area contributed by atoms with Crippen molar-refractivity contribution in [3.05, 3.63) is 71.8 Å². The number of β-lactam (4-membered cyclic amide) rings is 1. The number of hydrogen-bond acceptors (Lipinski definition) is 6. The van der Waals surface area contributed by atoms with Crippen LogP contribution < -0.4 is 0 Å². The molecule has 0 radical (unpaired) electrons. The van der Waals surface area contributed by atoms with E-state index < -0.39 is 41.4 Å². The van der Waals surface area contributed by atoms with Crippen molar-refractivity contribution < 1.29 is 28.6 Å². The number of benzene rings is 2. The van der Waals surface area contributed by atoms with Gasteiger partial charge in [0.2, 0.25) is 0 Å². The standard InChI is InChI=1S/C30H38N2O6/c1-21(36-19-23-13-8-6-9-14-23)25(26(33)37-20-24-15-10-7-11-16-24)32-22(2)30(27(32)34)17-12-18-31(30)28(35)38-29(3,4)5/h6-11,13-16,21-22,25H,12,17-20H2,1-5H3/t21-,22?,25+,30?/m1/s1. The zero-order chi connectivity index (χ0) is 27.5. The topological polar surface area (TPSA) is 85.4 Å². The fourth-order valence-corrected chi connectivity index (χ4v) is 5.42. The molecule has 204 valence electrons. The first-order chi connectivity index (χ1) is 18.0. The summed E-state index contributed by atoms with van der Waals surface area (Å²) < 4.78 is 17.4. The summed E-state index contributed by atoms with van der Waals surface area (Å²) in [4.78, 5) is 43.5. The lowest BCUT2D eigenvalue weighted by Gasteiger charge is -2.58. The summed E-state index contributed by atoms with van der Waals surface area (Å²) in [5, 5.41) is 0. The molecule has 8 nitrogen and oxygen atoms in total. The van der Waals surface area contributed by atoms with Crippen LogP contribution in [0.15, 0.2) is 60.7 Å². The summed E-state index contributed by atoms with van der Waals surface area (Å²) >= 11 is 0. The molecule has 4 atom stereocenters. The normalized spacial score (nSPS) is 22.7. The summed E-state index contributed by atoms with van der Waals surface area (Å²) in [6.07, 6.45) is 0.0603. The summed E-state index contributed by atoms with van der Waals surface area (Å²) in [7, 11) is 0. The molecule has 2 aromatic carbocycles. The molecule has 1 spiro atoms. The smallest absolute Gasteiger partial charge is 0.411 e. The van der Waals surface area contributed by atoms with Crippen LogP contribution >= 0.6 is 0 Å². The van der Waals surface area contributed by atoms with Crippen LogP contribution in [0.5, 0.6) is 0 Å². The highest BCUT2D eigenvalue weighted by molar-refractivity contribution is 6.00. The largest absolute Gasteiger partial charge is 0.459 e. The minimum absolute atomic E-state index is 0.0904. The Morgan fingerprint density at radius 2 is 1.58 bits per heavy atom. The van der Waals surface area contributed by atoms with Crippen LogP contribution in [0, 0.1) is 0 Å². The van der Waals surface area contributed by atoms with E-state index in [-0.39, 0.29) is 19.1 Å². The minimum Gasteiger partial charge on any atom is -0.459 e. The van der Waals surface area contributed by atoms with E-state index in [9.17, 15) is 14.4 Å². The molecule has 2 fully saturated rings. The first kappa shape index (κ1) is 27.6. The summed E-state index contributed by atoms with van der Waals surface area (Å²) in [5.74, 6) is -0.809. The number of carbonyl (C=O) groups excluding carboxylic acids is 3. The molecule has 38 heavy (non-hydrogen) atoms. The average Bonchev–Trinajstić information content (AvgIpc) is 3.37. The molecule has 2 aliphatic heterocycles. The molecule has 2 aliphatic rings. The van der Waals surface area contributed by atoms with Gasteiger partial charge in [-0.3, -0.25) is 9.69 Å². The molecule has 0 aliphatic carbocycles. The lowest BCUT2D eigenvalue weighted by molar-refractivity contribution is -0.192. The molecule has 0 saturated carbocycles. The third kappa shape index (κ3) is 5.55. The van der Waals surface area contributed by atoms with Crippen LogP contribution in [-0.2, 0) is 37.0 Å². The molecular weight excluding hydrogens is 484 g/mol. The van der Waals surface area contributed by atoms with Crippen LogP contribution in [0.3, 0.4) is 0 Å². The van der Waals surface area contributed by atoms with Gasteiger partial charge in [0.25, 0.3) is 5.91 Å². The molecule has 0 bridgehead atoms. The Bertz CT molecular complexity index is 1130. The van der Waals surface area contributed by atoms with Crippen LogP contribution in [0.4, 0.5) is 4.79 Å². The van der Waals surface area contributed by atoms with Gasteiger partial charge in [-0.1, -0.05) is 60.7 Å². The molecule has 2 amide bonds. The van der Waals surface area contributed by atoms with E-state index in [0.29, 0.717) is 19.4 Å². The number of nitrogens with zero attached hydrogens (tertiary/aromatic N) is 2. The maximum Gasteiger partial charge on any atom is 0.411 e. The number of carbonyl (C=O) groups is 3. The highest BCUT2D eigenvalue weighted by Gasteiger charge is 2.68. The molecule has 8 heteroatoms. The van der Waals surface area contributed by atoms with Gasteiger partial charge >= 0.3 is 12.1 Å². The van der Waals surface area contributed by atoms with Gasteiger partial charge in [-0.2, -0.15) is 0 Å². The second-order valence-corrected chi connectivity index (χ2v) is 11.1. The van der Waals surface area contributed by atoms with Gasteiger partial charge in [0.1, 0.15) is 17.7 Å². The fraction of sp³-hybridized carbons (Fsp3) is 0.500. The molecule has 2 heterocycles. The molecular formula is C30H38N2O6. The highest BCUT2D eigenvalue weighted by Crippen LogP contribution is 2.46. The Hall–Kier alpha value is -3.39. The van der Waals surface area contributed by atoms with Crippen molar-refractivity contribution in [1.29, 1.82) is 0 Å². The van der Waals surface area contributed by atoms with Crippen LogP contribution in [-0.4, -0.2) is 63.6 Å². The van der Waals surface area contributed by atoms with Gasteiger partial charge in [0.05, 0.1) is 18.8 Å². The van der Waals surface area contributed by atoms with Crippen molar-refractivity contribution in [1.82, 2.24) is 9.80 Å². The van der Waals surface area contributed by atoms with Crippen molar-refractivity contribution in [2.24, 2.45) is 0 Å². The second-order valence-electron chi connectivity index (χ2n) is 11.1. The maximum atomic E-state index is 13.9. The summed E-state index contributed by atoms with van der Waals surface area (Å²) in [6.45, 7) is 9.88. The second kappa shape index (κ2) is 11.2. The van der Waals surface area contributed by atoms with Crippen LogP contribution in [0.25, 0.3) is 0 Å². The molecule has 0 aromatic heterocycles. The van der Waals surface area contributed by atoms with E-state index in [2.05, 4.69) is 0 Å². The van der Waals surface area contributed by atoms with E-state index in [4.69, 9.17) is 14.2 Å². The predicted molar refractivity (Wildman–Crippen MR) is 142 cm³/mol.